The molecule has 7 nitrogen and oxygen atoms in total. The van der Waals surface area contributed by atoms with Crippen molar-refractivity contribution in [2.24, 2.45) is 5.92 Å². The summed E-state index contributed by atoms with van der Waals surface area (Å²) in [4.78, 5) is 30.2. The second-order valence-electron chi connectivity index (χ2n) is 8.89. The van der Waals surface area contributed by atoms with E-state index in [0.717, 1.165) is 18.7 Å². The number of piperazine rings is 1. The van der Waals surface area contributed by atoms with E-state index >= 15 is 0 Å². The van der Waals surface area contributed by atoms with E-state index in [0.29, 0.717) is 37.4 Å². The van der Waals surface area contributed by atoms with Gasteiger partial charge in [0.1, 0.15) is 11.6 Å². The van der Waals surface area contributed by atoms with E-state index in [4.69, 9.17) is 4.74 Å². The van der Waals surface area contributed by atoms with Crippen LogP contribution in [0.25, 0.3) is 0 Å². The fourth-order valence-corrected chi connectivity index (χ4v) is 4.82. The van der Waals surface area contributed by atoms with Gasteiger partial charge in [-0.15, -0.1) is 0 Å². The van der Waals surface area contributed by atoms with Crippen LogP contribution in [0.15, 0.2) is 48.5 Å². The number of likely N-dealkylation sites (N-methyl/N-ethyl adjacent to an activating group) is 1. The lowest BCUT2D eigenvalue weighted by molar-refractivity contribution is -0.137. The zero-order chi connectivity index (χ0) is 23.4. The number of hydrogen-bond acceptors (Lipinski definition) is 4. The van der Waals surface area contributed by atoms with Crippen molar-refractivity contribution in [2.45, 2.75) is 24.8 Å². The molecule has 33 heavy (non-hydrogen) atoms. The van der Waals surface area contributed by atoms with E-state index in [9.17, 15) is 14.0 Å². The Bertz CT molecular complexity index is 976. The van der Waals surface area contributed by atoms with Crippen molar-refractivity contribution in [3.63, 3.8) is 0 Å². The van der Waals surface area contributed by atoms with E-state index in [1.54, 1.807) is 37.4 Å². The lowest BCUT2D eigenvalue weighted by Gasteiger charge is -2.35. The van der Waals surface area contributed by atoms with Crippen molar-refractivity contribution in [3.8, 4) is 5.75 Å². The quantitative estimate of drug-likeness (QED) is 0.727. The zero-order valence-electron chi connectivity index (χ0n) is 19.1. The summed E-state index contributed by atoms with van der Waals surface area (Å²) in [5, 5.41) is 5.86. The summed E-state index contributed by atoms with van der Waals surface area (Å²) in [6.07, 6.45) is 1.18. The highest BCUT2D eigenvalue weighted by Gasteiger charge is 2.42. The summed E-state index contributed by atoms with van der Waals surface area (Å²) in [5.41, 5.74) is 1.56. The van der Waals surface area contributed by atoms with Gasteiger partial charge in [-0.1, -0.05) is 18.2 Å². The molecule has 2 aromatic rings. The topological polar surface area (TPSA) is 73.9 Å². The smallest absolute Gasteiger partial charge is 0.319 e. The van der Waals surface area contributed by atoms with Crippen LogP contribution in [-0.2, 0) is 4.79 Å². The van der Waals surface area contributed by atoms with Gasteiger partial charge in [0.05, 0.1) is 7.11 Å². The summed E-state index contributed by atoms with van der Waals surface area (Å²) in [5.74, 6) is 0.157. The van der Waals surface area contributed by atoms with E-state index < -0.39 is 0 Å². The molecule has 1 heterocycles. The summed E-state index contributed by atoms with van der Waals surface area (Å²) in [6, 6.07) is 13.0. The van der Waals surface area contributed by atoms with Crippen LogP contribution in [0, 0.1) is 11.7 Å². The van der Waals surface area contributed by atoms with Crippen molar-refractivity contribution in [1.82, 2.24) is 15.1 Å². The average Bonchev–Trinajstić information content (AvgIpc) is 3.23. The molecule has 0 bridgehead atoms. The van der Waals surface area contributed by atoms with E-state index in [1.165, 1.54) is 12.1 Å². The van der Waals surface area contributed by atoms with Crippen molar-refractivity contribution in [1.29, 1.82) is 0 Å². The number of urea groups is 1. The van der Waals surface area contributed by atoms with Crippen LogP contribution in [0.2, 0.25) is 0 Å². The molecule has 176 valence electrons. The monoisotopic (exact) mass is 454 g/mol. The van der Waals surface area contributed by atoms with E-state index in [2.05, 4.69) is 22.6 Å². The predicted octanol–water partition coefficient (Wildman–Crippen LogP) is 3.29. The molecule has 0 spiro atoms. The number of rotatable bonds is 5. The first-order chi connectivity index (χ1) is 15.9. The lowest BCUT2D eigenvalue weighted by atomic mass is 9.88. The van der Waals surface area contributed by atoms with E-state index in [1.807, 2.05) is 11.0 Å². The third kappa shape index (κ3) is 5.63. The molecule has 2 aliphatic rings. The van der Waals surface area contributed by atoms with Gasteiger partial charge in [0.15, 0.2) is 0 Å². The number of hydrogen-bond donors (Lipinski definition) is 2. The number of ether oxygens (including phenoxy) is 1. The molecule has 0 aromatic heterocycles. The van der Waals surface area contributed by atoms with Crippen molar-refractivity contribution < 1.29 is 18.7 Å². The van der Waals surface area contributed by atoms with Crippen molar-refractivity contribution in [2.75, 3.05) is 45.7 Å². The van der Waals surface area contributed by atoms with Gasteiger partial charge >= 0.3 is 6.03 Å². The zero-order valence-corrected chi connectivity index (χ0v) is 19.1. The first kappa shape index (κ1) is 23.0. The van der Waals surface area contributed by atoms with Crippen LogP contribution < -0.4 is 15.4 Å². The van der Waals surface area contributed by atoms with Gasteiger partial charge in [-0.3, -0.25) is 4.79 Å². The first-order valence-corrected chi connectivity index (χ1v) is 11.4. The van der Waals surface area contributed by atoms with E-state index in [-0.39, 0.29) is 35.6 Å². The minimum absolute atomic E-state index is 0.0696. The van der Waals surface area contributed by atoms with Gasteiger partial charge in [-0.25, -0.2) is 9.18 Å². The molecule has 2 aromatic carbocycles. The minimum atomic E-state index is -0.321. The number of halogens is 1. The highest BCUT2D eigenvalue weighted by Crippen LogP contribution is 2.41. The maximum atomic E-state index is 13.5. The summed E-state index contributed by atoms with van der Waals surface area (Å²) in [7, 11) is 3.63. The average molecular weight is 455 g/mol. The highest BCUT2D eigenvalue weighted by atomic mass is 19.1. The second kappa shape index (κ2) is 10.2. The molecule has 3 atom stereocenters. The largest absolute Gasteiger partial charge is 0.497 e. The van der Waals surface area contributed by atoms with Crippen LogP contribution in [-0.4, -0.2) is 68.1 Å². The standard InChI is InChI=1S/C25H31FN4O3/c1-29-10-12-30(13-11-29)24(31)23-16-20(15-22(23)17-6-8-18(26)9-7-17)28-25(32)27-19-4-3-5-21(14-19)33-2/h3-9,14,20,22-23H,10-13,15-16H2,1-2H3,(H2,27,28,32)/t20-,22+,23-/m0/s1. The molecule has 1 saturated heterocycles. The Hall–Kier alpha value is -3.13. The number of nitrogens with zero attached hydrogens (tertiary/aromatic N) is 2. The number of carbonyl (C=O) groups is 2. The number of anilines is 1. The van der Waals surface area contributed by atoms with Gasteiger partial charge in [-0.05, 0) is 55.6 Å². The maximum Gasteiger partial charge on any atom is 0.319 e. The molecule has 4 rings (SSSR count). The Balaban J connectivity index is 1.46. The third-order valence-corrected chi connectivity index (χ3v) is 6.66. The number of amides is 3. The summed E-state index contributed by atoms with van der Waals surface area (Å²) >= 11 is 0. The van der Waals surface area contributed by atoms with Gasteiger partial charge < -0.3 is 25.2 Å². The molecule has 1 aliphatic heterocycles. The van der Waals surface area contributed by atoms with Crippen LogP contribution >= 0.6 is 0 Å². The first-order valence-electron chi connectivity index (χ1n) is 11.4. The third-order valence-electron chi connectivity index (χ3n) is 6.66. The molecule has 2 N–H and O–H groups in total. The molecule has 1 aliphatic carbocycles. The number of carbonyl (C=O) groups excluding carboxylic acids is 2. The van der Waals surface area contributed by atoms with Crippen molar-refractivity contribution >= 4 is 17.6 Å². The fraction of sp³-hybridized carbons (Fsp3) is 0.440. The Labute approximate surface area is 193 Å². The van der Waals surface area contributed by atoms with Crippen molar-refractivity contribution in [3.05, 3.63) is 59.9 Å². The van der Waals surface area contributed by atoms with Crippen LogP contribution in [0.3, 0.4) is 0 Å². The molecule has 1 saturated carbocycles. The minimum Gasteiger partial charge on any atom is -0.497 e. The molecular weight excluding hydrogens is 423 g/mol. The predicted molar refractivity (Wildman–Crippen MR) is 125 cm³/mol. The maximum absolute atomic E-state index is 13.5. The van der Waals surface area contributed by atoms with Crippen LogP contribution in [0.1, 0.15) is 24.3 Å². The Morgan fingerprint density at radius 2 is 1.76 bits per heavy atom. The lowest BCUT2D eigenvalue weighted by Crippen LogP contribution is -2.49. The normalized spacial score (nSPS) is 23.2. The molecular formula is C25H31FN4O3. The Morgan fingerprint density at radius 1 is 1.03 bits per heavy atom. The fourth-order valence-electron chi connectivity index (χ4n) is 4.82. The second-order valence-corrected chi connectivity index (χ2v) is 8.89. The Kier molecular flexibility index (Phi) is 7.13. The molecule has 3 amide bonds. The van der Waals surface area contributed by atoms with Gasteiger partial charge in [0, 0.05) is 49.9 Å². The van der Waals surface area contributed by atoms with Crippen LogP contribution in [0.4, 0.5) is 14.9 Å². The van der Waals surface area contributed by atoms with Crippen LogP contribution in [0.5, 0.6) is 5.75 Å². The highest BCUT2D eigenvalue weighted by molar-refractivity contribution is 5.90. The SMILES string of the molecule is COc1cccc(NC(=O)N[C@@H]2C[C@H](C(=O)N3CCN(C)CC3)[C@@H](c3ccc(F)cc3)C2)c1. The number of nitrogens with one attached hydrogen (secondary N) is 2. The number of benzene rings is 2. The molecule has 2 fully saturated rings. The van der Waals surface area contributed by atoms with Gasteiger partial charge in [-0.2, -0.15) is 0 Å². The Morgan fingerprint density at radius 3 is 2.45 bits per heavy atom. The molecule has 0 radical (unpaired) electrons. The van der Waals surface area contributed by atoms with Gasteiger partial charge in [0.2, 0.25) is 5.91 Å². The molecule has 0 unspecified atom stereocenters. The summed E-state index contributed by atoms with van der Waals surface area (Å²) in [6.45, 7) is 3.11. The molecule has 8 heteroatoms. The summed E-state index contributed by atoms with van der Waals surface area (Å²) < 4.78 is 18.7. The van der Waals surface area contributed by atoms with Gasteiger partial charge in [0.25, 0.3) is 0 Å². The number of methoxy groups -OCH3 is 1.